The van der Waals surface area contributed by atoms with Crippen molar-refractivity contribution < 1.29 is 37.3 Å². The van der Waals surface area contributed by atoms with Crippen molar-refractivity contribution in [1.29, 1.82) is 0 Å². The number of hydrogen-bond donors (Lipinski definition) is 2. The van der Waals surface area contributed by atoms with Gasteiger partial charge >= 0.3 is 18.2 Å². The quantitative estimate of drug-likeness (QED) is 0.744. The average Bonchev–Trinajstić information content (AvgIpc) is 2.58. The number of hydrogen-bond acceptors (Lipinski definition) is 5. The van der Waals surface area contributed by atoms with Gasteiger partial charge in [0.2, 0.25) is 5.88 Å². The van der Waals surface area contributed by atoms with E-state index >= 15 is 0 Å². The van der Waals surface area contributed by atoms with E-state index in [0.29, 0.717) is 0 Å². The Morgan fingerprint density at radius 2 is 1.83 bits per heavy atom. The van der Waals surface area contributed by atoms with Gasteiger partial charge in [-0.15, -0.1) is 0 Å². The molecular weight excluding hydrogens is 393 g/mol. The third-order valence-corrected chi connectivity index (χ3v) is 3.29. The molecule has 0 radical (unpaired) electrons. The van der Waals surface area contributed by atoms with Crippen molar-refractivity contribution in [2.45, 2.75) is 39.1 Å². The second-order valence-corrected chi connectivity index (χ2v) is 6.99. The average molecular weight is 412 g/mol. The second kappa shape index (κ2) is 8.38. The van der Waals surface area contributed by atoms with Gasteiger partial charge in [-0.1, -0.05) is 6.07 Å². The monoisotopic (exact) mass is 412 g/mol. The Kier molecular flexibility index (Phi) is 6.35. The Balaban J connectivity index is 2.26. The van der Waals surface area contributed by atoms with Gasteiger partial charge in [-0.05, 0) is 50.6 Å². The number of benzene rings is 1. The number of ether oxygens (including phenoxy) is 2. The molecule has 0 saturated heterocycles. The summed E-state index contributed by atoms with van der Waals surface area (Å²) in [6.45, 7) is 4.69. The minimum absolute atomic E-state index is 0.00257. The maximum absolute atomic E-state index is 13.2. The van der Waals surface area contributed by atoms with E-state index in [1.807, 2.05) is 0 Å². The molecule has 7 nitrogen and oxygen atoms in total. The van der Waals surface area contributed by atoms with Crippen LogP contribution < -0.4 is 10.1 Å². The van der Waals surface area contributed by atoms with Gasteiger partial charge in [-0.3, -0.25) is 0 Å². The predicted octanol–water partition coefficient (Wildman–Crippen LogP) is 4.62. The summed E-state index contributed by atoms with van der Waals surface area (Å²) in [5, 5.41) is 11.4. The number of pyridine rings is 1. The highest BCUT2D eigenvalue weighted by Crippen LogP contribution is 2.31. The van der Waals surface area contributed by atoms with Crippen LogP contribution in [0.3, 0.4) is 0 Å². The molecule has 0 aliphatic rings. The zero-order chi connectivity index (χ0) is 21.8. The molecule has 2 aromatic rings. The fraction of sp³-hybridized carbons (Fsp3) is 0.316. The van der Waals surface area contributed by atoms with Crippen molar-refractivity contribution in [1.82, 2.24) is 10.3 Å². The van der Waals surface area contributed by atoms with Crippen LogP contribution in [-0.2, 0) is 17.5 Å². The number of nitrogens with zero attached hydrogens (tertiary/aromatic N) is 1. The highest BCUT2D eigenvalue weighted by Gasteiger charge is 2.33. The number of amides is 1. The molecule has 1 amide bonds. The molecule has 0 fully saturated rings. The molecule has 10 heteroatoms. The van der Waals surface area contributed by atoms with Gasteiger partial charge in [0.05, 0.1) is 5.56 Å². The zero-order valence-electron chi connectivity index (χ0n) is 15.8. The van der Waals surface area contributed by atoms with Crippen LogP contribution in [0.1, 0.15) is 42.4 Å². The first kappa shape index (κ1) is 22.0. The highest BCUT2D eigenvalue weighted by atomic mass is 19.4. The lowest BCUT2D eigenvalue weighted by molar-refractivity contribution is -0.141. The Morgan fingerprint density at radius 1 is 1.14 bits per heavy atom. The number of nitrogens with one attached hydrogen (secondary N) is 1. The van der Waals surface area contributed by atoms with Gasteiger partial charge in [0.1, 0.15) is 17.0 Å². The first-order chi connectivity index (χ1) is 13.3. The number of carboxylic acid groups (broad SMARTS) is 1. The molecule has 1 aromatic carbocycles. The Bertz CT molecular complexity index is 907. The lowest BCUT2D eigenvalue weighted by atomic mass is 10.2. The summed E-state index contributed by atoms with van der Waals surface area (Å²) in [4.78, 5) is 26.2. The number of rotatable bonds is 5. The van der Waals surface area contributed by atoms with Crippen LogP contribution in [0.5, 0.6) is 11.6 Å². The van der Waals surface area contributed by atoms with Crippen molar-refractivity contribution in [3.8, 4) is 11.6 Å². The van der Waals surface area contributed by atoms with Crippen LogP contribution in [-0.4, -0.2) is 27.8 Å². The first-order valence-electron chi connectivity index (χ1n) is 8.40. The molecule has 1 aromatic heterocycles. The molecular formula is C19H19F3N2O5. The lowest BCUT2D eigenvalue weighted by Crippen LogP contribution is -2.32. The van der Waals surface area contributed by atoms with Gasteiger partial charge in [-0.25, -0.2) is 14.6 Å². The molecule has 0 aliphatic heterocycles. The largest absolute Gasteiger partial charge is 0.478 e. The number of aromatic nitrogens is 1. The summed E-state index contributed by atoms with van der Waals surface area (Å²) in [5.74, 6) is -1.61. The molecule has 0 aliphatic carbocycles. The van der Waals surface area contributed by atoms with Crippen molar-refractivity contribution in [3.63, 3.8) is 0 Å². The van der Waals surface area contributed by atoms with Crippen LogP contribution in [0.25, 0.3) is 0 Å². The van der Waals surface area contributed by atoms with E-state index in [0.717, 1.165) is 12.1 Å². The van der Waals surface area contributed by atoms with Crippen LogP contribution in [0.15, 0.2) is 36.4 Å². The fourth-order valence-corrected chi connectivity index (χ4v) is 2.16. The molecule has 0 unspecified atom stereocenters. The summed E-state index contributed by atoms with van der Waals surface area (Å²) >= 11 is 0. The van der Waals surface area contributed by atoms with E-state index < -0.39 is 35.4 Å². The SMILES string of the molecule is CC(C)(C)OC(=O)NCc1cc(Oc2cccc(C(=O)O)c2)nc(C(F)(F)F)c1. The number of alkyl halides is 3. The van der Waals surface area contributed by atoms with E-state index in [9.17, 15) is 22.8 Å². The molecule has 2 N–H and O–H groups in total. The van der Waals surface area contributed by atoms with E-state index in [1.165, 1.54) is 24.3 Å². The summed E-state index contributed by atoms with van der Waals surface area (Å²) in [6, 6.07) is 7.22. The smallest absolute Gasteiger partial charge is 0.433 e. The third-order valence-electron chi connectivity index (χ3n) is 3.29. The Labute approximate surface area is 164 Å². The summed E-state index contributed by atoms with van der Waals surface area (Å²) < 4.78 is 49.9. The fourth-order valence-electron chi connectivity index (χ4n) is 2.16. The van der Waals surface area contributed by atoms with Gasteiger partial charge in [0.15, 0.2) is 0 Å². The molecule has 0 atom stereocenters. The van der Waals surface area contributed by atoms with Crippen LogP contribution in [0, 0.1) is 0 Å². The number of carbonyl (C=O) groups is 2. The minimum Gasteiger partial charge on any atom is -0.478 e. The molecule has 1 heterocycles. The Morgan fingerprint density at radius 3 is 2.41 bits per heavy atom. The maximum Gasteiger partial charge on any atom is 0.433 e. The normalized spacial score (nSPS) is 11.7. The Hall–Kier alpha value is -3.30. The van der Waals surface area contributed by atoms with Crippen LogP contribution in [0.4, 0.5) is 18.0 Å². The maximum atomic E-state index is 13.2. The summed E-state index contributed by atoms with van der Waals surface area (Å²) in [5.41, 5.74) is -2.00. The molecule has 156 valence electrons. The number of carbonyl (C=O) groups excluding carboxylic acids is 1. The van der Waals surface area contributed by atoms with Crippen LogP contribution >= 0.6 is 0 Å². The van der Waals surface area contributed by atoms with Gasteiger partial charge in [0.25, 0.3) is 0 Å². The molecule has 2 rings (SSSR count). The lowest BCUT2D eigenvalue weighted by Gasteiger charge is -2.20. The van der Waals surface area contributed by atoms with E-state index in [4.69, 9.17) is 14.6 Å². The number of carboxylic acids is 1. The van der Waals surface area contributed by atoms with Gasteiger partial charge in [0, 0.05) is 12.6 Å². The second-order valence-electron chi connectivity index (χ2n) is 6.99. The number of aromatic carboxylic acids is 1. The van der Waals surface area contributed by atoms with Crippen molar-refractivity contribution in [2.75, 3.05) is 0 Å². The highest BCUT2D eigenvalue weighted by molar-refractivity contribution is 5.88. The van der Waals surface area contributed by atoms with Crippen molar-refractivity contribution in [3.05, 3.63) is 53.2 Å². The first-order valence-corrected chi connectivity index (χ1v) is 8.40. The number of alkyl carbamates (subject to hydrolysis) is 1. The molecule has 0 spiro atoms. The zero-order valence-corrected chi connectivity index (χ0v) is 15.8. The predicted molar refractivity (Wildman–Crippen MR) is 95.8 cm³/mol. The summed E-state index contributed by atoms with van der Waals surface area (Å²) in [6.07, 6.45) is -5.54. The molecule has 29 heavy (non-hydrogen) atoms. The summed E-state index contributed by atoms with van der Waals surface area (Å²) in [7, 11) is 0. The van der Waals surface area contributed by atoms with Gasteiger partial charge < -0.3 is 19.9 Å². The minimum atomic E-state index is -4.75. The van der Waals surface area contributed by atoms with Crippen molar-refractivity contribution in [2.24, 2.45) is 0 Å². The van der Waals surface area contributed by atoms with Crippen molar-refractivity contribution >= 4 is 12.1 Å². The standard InChI is InChI=1S/C19H19F3N2O5/c1-18(2,3)29-17(27)23-10-11-7-14(19(20,21)22)24-15(8-11)28-13-6-4-5-12(9-13)16(25)26/h4-9H,10H2,1-3H3,(H,23,27)(H,25,26). The molecule has 0 bridgehead atoms. The molecule has 0 saturated carbocycles. The van der Waals surface area contributed by atoms with E-state index in [-0.39, 0.29) is 23.4 Å². The van der Waals surface area contributed by atoms with Crippen LogP contribution in [0.2, 0.25) is 0 Å². The van der Waals surface area contributed by atoms with E-state index in [2.05, 4.69) is 10.3 Å². The third kappa shape index (κ3) is 6.98. The number of halogens is 3. The van der Waals surface area contributed by atoms with E-state index in [1.54, 1.807) is 20.8 Å². The van der Waals surface area contributed by atoms with Gasteiger partial charge in [-0.2, -0.15) is 13.2 Å². The topological polar surface area (TPSA) is 97.8 Å².